The summed E-state index contributed by atoms with van der Waals surface area (Å²) in [7, 11) is 0. The van der Waals surface area contributed by atoms with Gasteiger partial charge in [0.25, 0.3) is 0 Å². The van der Waals surface area contributed by atoms with Crippen molar-refractivity contribution in [3.05, 3.63) is 41.0 Å². The summed E-state index contributed by atoms with van der Waals surface area (Å²) in [6.07, 6.45) is -4.36. The number of rotatable bonds is 1. The first-order valence-electron chi connectivity index (χ1n) is 4.40. The smallest absolute Gasteiger partial charge is 0.397 e. The van der Waals surface area contributed by atoms with Crippen molar-refractivity contribution in [3.63, 3.8) is 0 Å². The average Bonchev–Trinajstić information content (AvgIpc) is 2.26. The SMILES string of the molecule is C/C(C#N)=C(/N)c1ccc(C(F)(F)F)cc1. The molecule has 0 aliphatic heterocycles. The molecule has 1 rings (SSSR count). The second-order valence-electron chi connectivity index (χ2n) is 3.23. The molecule has 0 fully saturated rings. The van der Waals surface area contributed by atoms with Crippen LogP contribution in [0.2, 0.25) is 0 Å². The molecule has 0 atom stereocenters. The first-order chi connectivity index (χ1) is 7.36. The van der Waals surface area contributed by atoms with Crippen LogP contribution in [0.15, 0.2) is 29.8 Å². The van der Waals surface area contributed by atoms with Crippen LogP contribution in [-0.2, 0) is 6.18 Å². The molecule has 84 valence electrons. The summed E-state index contributed by atoms with van der Waals surface area (Å²) in [5.74, 6) is 0. The Hall–Kier alpha value is -1.96. The summed E-state index contributed by atoms with van der Waals surface area (Å²) >= 11 is 0. The van der Waals surface area contributed by atoms with Gasteiger partial charge in [0.15, 0.2) is 0 Å². The van der Waals surface area contributed by atoms with E-state index in [2.05, 4.69) is 0 Å². The lowest BCUT2D eigenvalue weighted by Crippen LogP contribution is -2.05. The lowest BCUT2D eigenvalue weighted by Gasteiger charge is -2.08. The number of benzene rings is 1. The van der Waals surface area contributed by atoms with Crippen LogP contribution >= 0.6 is 0 Å². The van der Waals surface area contributed by atoms with Crippen LogP contribution in [0.5, 0.6) is 0 Å². The van der Waals surface area contributed by atoms with Gasteiger partial charge in [0.2, 0.25) is 0 Å². The number of nitrogens with two attached hydrogens (primary N) is 1. The van der Waals surface area contributed by atoms with Gasteiger partial charge in [0.05, 0.1) is 17.3 Å². The van der Waals surface area contributed by atoms with E-state index in [1.54, 1.807) is 0 Å². The van der Waals surface area contributed by atoms with Gasteiger partial charge in [-0.15, -0.1) is 0 Å². The van der Waals surface area contributed by atoms with Gasteiger partial charge in [-0.05, 0) is 24.6 Å². The van der Waals surface area contributed by atoms with Crippen LogP contribution in [0.4, 0.5) is 13.2 Å². The predicted molar refractivity (Wildman–Crippen MR) is 53.8 cm³/mol. The third-order valence-corrected chi connectivity index (χ3v) is 2.09. The van der Waals surface area contributed by atoms with Crippen molar-refractivity contribution < 1.29 is 13.2 Å². The first-order valence-corrected chi connectivity index (χ1v) is 4.40. The molecule has 0 saturated heterocycles. The van der Waals surface area contributed by atoms with E-state index in [4.69, 9.17) is 11.0 Å². The standard InChI is InChI=1S/C11H9F3N2/c1-7(6-15)10(16)8-2-4-9(5-3-8)11(12,13)14/h2-5H,16H2,1H3/b10-7-. The maximum absolute atomic E-state index is 12.2. The third-order valence-electron chi connectivity index (χ3n) is 2.09. The monoisotopic (exact) mass is 226 g/mol. The highest BCUT2D eigenvalue weighted by atomic mass is 19.4. The minimum atomic E-state index is -4.36. The van der Waals surface area contributed by atoms with Crippen molar-refractivity contribution in [2.75, 3.05) is 0 Å². The molecule has 0 radical (unpaired) electrons. The Morgan fingerprint density at radius 1 is 1.25 bits per heavy atom. The molecule has 0 saturated carbocycles. The molecule has 5 heteroatoms. The van der Waals surface area contributed by atoms with Gasteiger partial charge in [-0.1, -0.05) is 12.1 Å². The normalized spacial score (nSPS) is 12.9. The number of hydrogen-bond acceptors (Lipinski definition) is 2. The van der Waals surface area contributed by atoms with Crippen LogP contribution in [0, 0.1) is 11.3 Å². The summed E-state index contributed by atoms with van der Waals surface area (Å²) in [4.78, 5) is 0. The molecule has 0 unspecified atom stereocenters. The number of halogens is 3. The highest BCUT2D eigenvalue weighted by molar-refractivity contribution is 5.68. The van der Waals surface area contributed by atoms with Gasteiger partial charge >= 0.3 is 6.18 Å². The molecule has 0 spiro atoms. The molecule has 16 heavy (non-hydrogen) atoms. The van der Waals surface area contributed by atoms with Crippen molar-refractivity contribution in [1.82, 2.24) is 0 Å². The third kappa shape index (κ3) is 2.54. The van der Waals surface area contributed by atoms with E-state index in [1.807, 2.05) is 6.07 Å². The van der Waals surface area contributed by atoms with Crippen LogP contribution in [0.3, 0.4) is 0 Å². The van der Waals surface area contributed by atoms with Gasteiger partial charge in [-0.3, -0.25) is 0 Å². The minimum Gasteiger partial charge on any atom is -0.397 e. The molecule has 0 amide bonds. The Bertz CT molecular complexity index is 450. The lowest BCUT2D eigenvalue weighted by atomic mass is 10.1. The van der Waals surface area contributed by atoms with Crippen molar-refractivity contribution in [1.29, 1.82) is 5.26 Å². The molecule has 0 aliphatic rings. The fraction of sp³-hybridized carbons (Fsp3) is 0.182. The molecule has 0 bridgehead atoms. The molecule has 1 aromatic rings. The quantitative estimate of drug-likeness (QED) is 0.748. The van der Waals surface area contributed by atoms with Crippen LogP contribution < -0.4 is 5.73 Å². The van der Waals surface area contributed by atoms with Gasteiger partial charge in [-0.2, -0.15) is 18.4 Å². The maximum Gasteiger partial charge on any atom is 0.416 e. The predicted octanol–water partition coefficient (Wildman–Crippen LogP) is 2.92. The molecule has 0 heterocycles. The van der Waals surface area contributed by atoms with Gasteiger partial charge in [-0.25, -0.2) is 0 Å². The van der Waals surface area contributed by atoms with E-state index >= 15 is 0 Å². The Labute approximate surface area is 90.8 Å². The fourth-order valence-corrected chi connectivity index (χ4v) is 1.12. The van der Waals surface area contributed by atoms with E-state index in [0.29, 0.717) is 5.56 Å². The number of nitriles is 1. The topological polar surface area (TPSA) is 49.8 Å². The number of allylic oxidation sites excluding steroid dienone is 1. The summed E-state index contributed by atoms with van der Waals surface area (Å²) in [6, 6.07) is 6.21. The Morgan fingerprint density at radius 2 is 1.75 bits per heavy atom. The molecule has 2 nitrogen and oxygen atoms in total. The van der Waals surface area contributed by atoms with Crippen molar-refractivity contribution in [2.45, 2.75) is 13.1 Å². The fourth-order valence-electron chi connectivity index (χ4n) is 1.12. The summed E-state index contributed by atoms with van der Waals surface area (Å²) in [6.45, 7) is 1.51. The van der Waals surface area contributed by atoms with Crippen LogP contribution in [0.25, 0.3) is 5.70 Å². The zero-order chi connectivity index (χ0) is 12.3. The van der Waals surface area contributed by atoms with E-state index in [0.717, 1.165) is 12.1 Å². The highest BCUT2D eigenvalue weighted by Gasteiger charge is 2.29. The van der Waals surface area contributed by atoms with Crippen molar-refractivity contribution in [3.8, 4) is 6.07 Å². The Balaban J connectivity index is 3.11. The lowest BCUT2D eigenvalue weighted by molar-refractivity contribution is -0.137. The minimum absolute atomic E-state index is 0.191. The first kappa shape index (κ1) is 12.1. The molecule has 0 aromatic heterocycles. The number of hydrogen-bond donors (Lipinski definition) is 1. The maximum atomic E-state index is 12.2. The molecule has 2 N–H and O–H groups in total. The zero-order valence-corrected chi connectivity index (χ0v) is 8.47. The van der Waals surface area contributed by atoms with Crippen LogP contribution in [0.1, 0.15) is 18.1 Å². The van der Waals surface area contributed by atoms with E-state index in [-0.39, 0.29) is 11.3 Å². The second-order valence-corrected chi connectivity index (χ2v) is 3.23. The van der Waals surface area contributed by atoms with E-state index < -0.39 is 11.7 Å². The number of nitrogens with zero attached hydrogens (tertiary/aromatic N) is 1. The van der Waals surface area contributed by atoms with E-state index in [9.17, 15) is 13.2 Å². The highest BCUT2D eigenvalue weighted by Crippen LogP contribution is 2.29. The summed E-state index contributed by atoms with van der Waals surface area (Å²) in [5.41, 5.74) is 5.72. The van der Waals surface area contributed by atoms with Gasteiger partial charge < -0.3 is 5.73 Å². The van der Waals surface area contributed by atoms with Gasteiger partial charge in [0.1, 0.15) is 0 Å². The van der Waals surface area contributed by atoms with E-state index in [1.165, 1.54) is 19.1 Å². The number of alkyl halides is 3. The summed E-state index contributed by atoms with van der Waals surface area (Å²) in [5, 5.41) is 8.58. The second kappa shape index (κ2) is 4.27. The Morgan fingerprint density at radius 3 is 2.12 bits per heavy atom. The van der Waals surface area contributed by atoms with Crippen LogP contribution in [-0.4, -0.2) is 0 Å². The molecular formula is C11H9F3N2. The van der Waals surface area contributed by atoms with Gasteiger partial charge in [0, 0.05) is 5.57 Å². The largest absolute Gasteiger partial charge is 0.416 e. The van der Waals surface area contributed by atoms with Crippen molar-refractivity contribution in [2.24, 2.45) is 5.73 Å². The zero-order valence-electron chi connectivity index (χ0n) is 8.47. The molecule has 0 aliphatic carbocycles. The molecule has 1 aromatic carbocycles. The summed E-state index contributed by atoms with van der Waals surface area (Å²) < 4.78 is 36.7. The average molecular weight is 226 g/mol. The van der Waals surface area contributed by atoms with Crippen molar-refractivity contribution >= 4 is 5.70 Å². The molecular weight excluding hydrogens is 217 g/mol. The Kier molecular flexibility index (Phi) is 3.23.